The summed E-state index contributed by atoms with van der Waals surface area (Å²) in [4.78, 5) is 23.6. The fraction of sp³-hybridized carbons (Fsp3) is 0.231. The summed E-state index contributed by atoms with van der Waals surface area (Å²) in [5, 5.41) is 0. The molecular weight excluding hydrogens is 218 g/mol. The minimum absolute atomic E-state index is 0.0251. The van der Waals surface area contributed by atoms with Gasteiger partial charge in [-0.25, -0.2) is 4.79 Å². The number of hydrogen-bond donors (Lipinski definition) is 0. The van der Waals surface area contributed by atoms with Gasteiger partial charge in [-0.3, -0.25) is 4.79 Å². The van der Waals surface area contributed by atoms with E-state index in [4.69, 9.17) is 0 Å². The number of amides is 1. The molecule has 0 N–H and O–H groups in total. The number of methoxy groups -OCH3 is 1. The molecular formula is C13H15NO3. The molecule has 0 aliphatic heterocycles. The van der Waals surface area contributed by atoms with Crippen molar-refractivity contribution in [3.8, 4) is 0 Å². The van der Waals surface area contributed by atoms with Crippen molar-refractivity contribution in [1.82, 2.24) is 0 Å². The van der Waals surface area contributed by atoms with Crippen LogP contribution < -0.4 is 4.90 Å². The van der Waals surface area contributed by atoms with Crippen molar-refractivity contribution in [3.05, 3.63) is 35.9 Å². The summed E-state index contributed by atoms with van der Waals surface area (Å²) < 4.78 is 4.49. The standard InChI is InChI=1S/C13H15NO3/c1-10(15)14(2)12-7-4-11(5-8-12)6-9-13(16)17-3/h4-9H,1-3H3/b9-6+. The maximum atomic E-state index is 11.1. The Balaban J connectivity index is 2.78. The Bertz CT molecular complexity index is 434. The van der Waals surface area contributed by atoms with E-state index in [0.29, 0.717) is 0 Å². The van der Waals surface area contributed by atoms with E-state index in [1.165, 1.54) is 20.1 Å². The molecule has 4 nitrogen and oxygen atoms in total. The molecule has 0 saturated heterocycles. The Labute approximate surface area is 100 Å². The molecule has 17 heavy (non-hydrogen) atoms. The maximum absolute atomic E-state index is 11.1. The second kappa shape index (κ2) is 5.84. The van der Waals surface area contributed by atoms with Crippen LogP contribution in [0, 0.1) is 0 Å². The van der Waals surface area contributed by atoms with Crippen LogP contribution in [-0.2, 0) is 14.3 Å². The lowest BCUT2D eigenvalue weighted by Crippen LogP contribution is -2.22. The lowest BCUT2D eigenvalue weighted by Gasteiger charge is -2.14. The molecule has 1 amide bonds. The Kier molecular flexibility index (Phi) is 4.46. The van der Waals surface area contributed by atoms with E-state index in [2.05, 4.69) is 4.74 Å². The highest BCUT2D eigenvalue weighted by molar-refractivity contribution is 5.91. The van der Waals surface area contributed by atoms with Gasteiger partial charge >= 0.3 is 5.97 Å². The van der Waals surface area contributed by atoms with Crippen LogP contribution in [-0.4, -0.2) is 26.0 Å². The van der Waals surface area contributed by atoms with Crippen LogP contribution in [0.5, 0.6) is 0 Å². The maximum Gasteiger partial charge on any atom is 0.330 e. The molecule has 90 valence electrons. The van der Waals surface area contributed by atoms with Gasteiger partial charge in [-0.1, -0.05) is 12.1 Å². The second-order valence-corrected chi connectivity index (χ2v) is 3.53. The van der Waals surface area contributed by atoms with Gasteiger partial charge in [0.15, 0.2) is 0 Å². The zero-order valence-electron chi connectivity index (χ0n) is 10.1. The molecule has 1 aromatic rings. The first-order chi connectivity index (χ1) is 8.04. The lowest BCUT2D eigenvalue weighted by atomic mass is 10.2. The van der Waals surface area contributed by atoms with Gasteiger partial charge in [0.05, 0.1) is 7.11 Å². The number of esters is 1. The number of carbonyl (C=O) groups is 2. The molecule has 0 bridgehead atoms. The third-order valence-corrected chi connectivity index (χ3v) is 2.37. The molecule has 0 spiro atoms. The average Bonchev–Trinajstić information content (AvgIpc) is 2.35. The first-order valence-corrected chi connectivity index (χ1v) is 5.15. The van der Waals surface area contributed by atoms with Gasteiger partial charge in [0.25, 0.3) is 0 Å². The van der Waals surface area contributed by atoms with Gasteiger partial charge in [-0.15, -0.1) is 0 Å². The zero-order valence-corrected chi connectivity index (χ0v) is 10.1. The van der Waals surface area contributed by atoms with E-state index in [-0.39, 0.29) is 5.91 Å². The van der Waals surface area contributed by atoms with Crippen molar-refractivity contribution in [2.24, 2.45) is 0 Å². The average molecular weight is 233 g/mol. The highest BCUT2D eigenvalue weighted by Gasteiger charge is 2.03. The number of nitrogens with zero attached hydrogens (tertiary/aromatic N) is 1. The molecule has 0 atom stereocenters. The van der Waals surface area contributed by atoms with Crippen molar-refractivity contribution in [2.75, 3.05) is 19.1 Å². The fourth-order valence-corrected chi connectivity index (χ4v) is 1.22. The van der Waals surface area contributed by atoms with Crippen LogP contribution in [0.25, 0.3) is 6.08 Å². The van der Waals surface area contributed by atoms with Crippen molar-refractivity contribution < 1.29 is 14.3 Å². The number of benzene rings is 1. The van der Waals surface area contributed by atoms with Gasteiger partial charge in [0, 0.05) is 25.7 Å². The molecule has 0 aliphatic rings. The molecule has 0 fully saturated rings. The summed E-state index contributed by atoms with van der Waals surface area (Å²) in [6, 6.07) is 7.29. The van der Waals surface area contributed by atoms with E-state index in [0.717, 1.165) is 11.3 Å². The highest BCUT2D eigenvalue weighted by Crippen LogP contribution is 2.14. The van der Waals surface area contributed by atoms with Crippen LogP contribution in [0.15, 0.2) is 30.3 Å². The number of hydrogen-bond acceptors (Lipinski definition) is 3. The molecule has 4 heteroatoms. The summed E-state index contributed by atoms with van der Waals surface area (Å²) in [6.07, 6.45) is 3.01. The summed E-state index contributed by atoms with van der Waals surface area (Å²) in [6.45, 7) is 1.51. The third kappa shape index (κ3) is 3.75. The van der Waals surface area contributed by atoms with Crippen molar-refractivity contribution in [3.63, 3.8) is 0 Å². The van der Waals surface area contributed by atoms with Gasteiger partial charge in [-0.2, -0.15) is 0 Å². The van der Waals surface area contributed by atoms with Gasteiger partial charge in [0.1, 0.15) is 0 Å². The van der Waals surface area contributed by atoms with Crippen LogP contribution in [0.1, 0.15) is 12.5 Å². The Morgan fingerprint density at radius 3 is 2.29 bits per heavy atom. The number of ether oxygens (including phenoxy) is 1. The predicted molar refractivity (Wildman–Crippen MR) is 66.6 cm³/mol. The van der Waals surface area contributed by atoms with E-state index in [9.17, 15) is 9.59 Å². The molecule has 0 saturated carbocycles. The molecule has 0 radical (unpaired) electrons. The van der Waals surface area contributed by atoms with Crippen LogP contribution >= 0.6 is 0 Å². The first-order valence-electron chi connectivity index (χ1n) is 5.15. The van der Waals surface area contributed by atoms with E-state index < -0.39 is 5.97 Å². The number of anilines is 1. The molecule has 0 heterocycles. The second-order valence-electron chi connectivity index (χ2n) is 3.53. The van der Waals surface area contributed by atoms with E-state index in [1.807, 2.05) is 24.3 Å². The Morgan fingerprint density at radius 1 is 1.24 bits per heavy atom. The Morgan fingerprint density at radius 2 is 1.82 bits per heavy atom. The van der Waals surface area contributed by atoms with Gasteiger partial charge in [-0.05, 0) is 23.8 Å². The quantitative estimate of drug-likeness (QED) is 0.591. The molecule has 1 aromatic carbocycles. The van der Waals surface area contributed by atoms with Crippen molar-refractivity contribution in [2.45, 2.75) is 6.92 Å². The zero-order chi connectivity index (χ0) is 12.8. The monoisotopic (exact) mass is 233 g/mol. The van der Waals surface area contributed by atoms with Gasteiger partial charge in [0.2, 0.25) is 5.91 Å². The molecule has 1 rings (SSSR count). The predicted octanol–water partition coefficient (Wildman–Crippen LogP) is 1.86. The van der Waals surface area contributed by atoms with Crippen LogP contribution in [0.3, 0.4) is 0 Å². The van der Waals surface area contributed by atoms with Crippen molar-refractivity contribution >= 4 is 23.6 Å². The normalized spacial score (nSPS) is 10.3. The van der Waals surface area contributed by atoms with E-state index >= 15 is 0 Å². The lowest BCUT2D eigenvalue weighted by molar-refractivity contribution is -0.134. The minimum atomic E-state index is -0.394. The van der Waals surface area contributed by atoms with Crippen LogP contribution in [0.2, 0.25) is 0 Å². The van der Waals surface area contributed by atoms with Crippen LogP contribution in [0.4, 0.5) is 5.69 Å². The SMILES string of the molecule is COC(=O)/C=C/c1ccc(N(C)C(C)=O)cc1. The highest BCUT2D eigenvalue weighted by atomic mass is 16.5. The largest absolute Gasteiger partial charge is 0.466 e. The topological polar surface area (TPSA) is 46.6 Å². The van der Waals surface area contributed by atoms with E-state index in [1.54, 1.807) is 18.0 Å². The summed E-state index contributed by atoms with van der Waals surface area (Å²) in [7, 11) is 3.04. The molecule has 0 unspecified atom stereocenters. The summed E-state index contributed by atoms with van der Waals surface area (Å²) >= 11 is 0. The number of rotatable bonds is 3. The molecule has 0 aliphatic carbocycles. The van der Waals surface area contributed by atoms with Gasteiger partial charge < -0.3 is 9.64 Å². The fourth-order valence-electron chi connectivity index (χ4n) is 1.22. The Hall–Kier alpha value is -2.10. The number of carbonyl (C=O) groups excluding carboxylic acids is 2. The molecule has 0 aromatic heterocycles. The summed E-state index contributed by atoms with van der Waals surface area (Å²) in [5.74, 6) is -0.419. The first kappa shape index (κ1) is 13.0. The summed E-state index contributed by atoms with van der Waals surface area (Å²) in [5.41, 5.74) is 1.68. The third-order valence-electron chi connectivity index (χ3n) is 2.37. The van der Waals surface area contributed by atoms with Crippen molar-refractivity contribution in [1.29, 1.82) is 0 Å². The minimum Gasteiger partial charge on any atom is -0.466 e. The smallest absolute Gasteiger partial charge is 0.330 e.